The molecule has 18 heavy (non-hydrogen) atoms. The molecule has 0 amide bonds. The van der Waals surface area contributed by atoms with Gasteiger partial charge in [0.25, 0.3) is 0 Å². The molecule has 2 nitrogen and oxygen atoms in total. The maximum absolute atomic E-state index is 6.08. The molecule has 2 rings (SSSR count). The van der Waals surface area contributed by atoms with E-state index < -0.39 is 0 Å². The van der Waals surface area contributed by atoms with Gasteiger partial charge in [-0.15, -0.1) is 0 Å². The minimum Gasteiger partial charge on any atom is -0.495 e. The Balaban J connectivity index is 2.02. The first-order valence-electron chi connectivity index (χ1n) is 5.51. The number of methoxy groups -OCH3 is 1. The summed E-state index contributed by atoms with van der Waals surface area (Å²) in [5, 5.41) is 3.99. The van der Waals surface area contributed by atoms with Gasteiger partial charge in [0.15, 0.2) is 0 Å². The molecule has 0 unspecified atom stereocenters. The maximum atomic E-state index is 6.08. The van der Waals surface area contributed by atoms with Crippen LogP contribution in [0.4, 0.5) is 5.69 Å². The number of ether oxygens (including phenoxy) is 1. The van der Waals surface area contributed by atoms with Crippen LogP contribution in [0.25, 0.3) is 0 Å². The van der Waals surface area contributed by atoms with E-state index in [4.69, 9.17) is 16.3 Å². The van der Waals surface area contributed by atoms with Crippen molar-refractivity contribution >= 4 is 39.9 Å². The predicted octanol–water partition coefficient (Wildman–Crippen LogP) is 4.57. The van der Waals surface area contributed by atoms with Crippen LogP contribution in [-0.2, 0) is 6.54 Å². The minimum atomic E-state index is 0.638. The average Bonchev–Trinajstić information content (AvgIpc) is 2.38. The Morgan fingerprint density at radius 1 is 1.17 bits per heavy atom. The third kappa shape index (κ3) is 3.53. The van der Waals surface area contributed by atoms with Gasteiger partial charge in [0.2, 0.25) is 0 Å². The average molecular weight is 374 g/mol. The lowest BCUT2D eigenvalue weighted by molar-refractivity contribution is 0.415. The van der Waals surface area contributed by atoms with E-state index in [0.29, 0.717) is 10.8 Å². The van der Waals surface area contributed by atoms with Crippen molar-refractivity contribution in [2.24, 2.45) is 0 Å². The molecule has 4 heteroatoms. The van der Waals surface area contributed by atoms with E-state index in [0.717, 1.165) is 17.8 Å². The number of hydrogen-bond donors (Lipinski definition) is 1. The van der Waals surface area contributed by atoms with Crippen molar-refractivity contribution in [2.75, 3.05) is 12.4 Å². The first-order chi connectivity index (χ1) is 8.69. The minimum absolute atomic E-state index is 0.638. The van der Waals surface area contributed by atoms with Crippen LogP contribution in [0.15, 0.2) is 42.5 Å². The number of halogens is 2. The first kappa shape index (κ1) is 13.5. The molecule has 0 atom stereocenters. The molecule has 0 spiro atoms. The van der Waals surface area contributed by atoms with Crippen LogP contribution < -0.4 is 10.1 Å². The largest absolute Gasteiger partial charge is 0.495 e. The van der Waals surface area contributed by atoms with Gasteiger partial charge in [0.05, 0.1) is 12.1 Å². The number of nitrogens with one attached hydrogen (secondary N) is 1. The van der Waals surface area contributed by atoms with Crippen LogP contribution >= 0.6 is 34.2 Å². The van der Waals surface area contributed by atoms with E-state index in [2.05, 4.69) is 52.2 Å². The molecule has 0 aliphatic rings. The van der Waals surface area contributed by atoms with Gasteiger partial charge in [-0.25, -0.2) is 0 Å². The van der Waals surface area contributed by atoms with Gasteiger partial charge < -0.3 is 10.1 Å². The molecule has 0 saturated carbocycles. The van der Waals surface area contributed by atoms with Gasteiger partial charge >= 0.3 is 0 Å². The van der Waals surface area contributed by atoms with Crippen molar-refractivity contribution in [3.8, 4) is 5.75 Å². The van der Waals surface area contributed by atoms with Gasteiger partial charge in [-0.3, -0.25) is 0 Å². The second kappa shape index (κ2) is 6.29. The molecule has 0 saturated heterocycles. The fraction of sp³-hybridized carbons (Fsp3) is 0.143. The predicted molar refractivity (Wildman–Crippen MR) is 84.5 cm³/mol. The highest BCUT2D eigenvalue weighted by atomic mass is 127. The number of anilines is 1. The Morgan fingerprint density at radius 2 is 1.89 bits per heavy atom. The molecule has 0 fully saturated rings. The Hall–Kier alpha value is -0.940. The van der Waals surface area contributed by atoms with Crippen molar-refractivity contribution < 1.29 is 4.74 Å². The summed E-state index contributed by atoms with van der Waals surface area (Å²) in [5.74, 6) is 0.703. The zero-order valence-electron chi connectivity index (χ0n) is 9.91. The molecule has 0 radical (unpaired) electrons. The second-order valence-electron chi connectivity index (χ2n) is 3.83. The molecule has 94 valence electrons. The molecule has 0 aliphatic heterocycles. The Bertz CT molecular complexity index is 528. The number of rotatable bonds is 4. The summed E-state index contributed by atoms with van der Waals surface area (Å²) in [6.07, 6.45) is 0. The smallest absolute Gasteiger partial charge is 0.137 e. The molecule has 1 N–H and O–H groups in total. The van der Waals surface area contributed by atoms with Crippen LogP contribution in [0.3, 0.4) is 0 Å². The van der Waals surface area contributed by atoms with E-state index in [9.17, 15) is 0 Å². The van der Waals surface area contributed by atoms with Crippen molar-refractivity contribution in [1.29, 1.82) is 0 Å². The van der Waals surface area contributed by atoms with Crippen molar-refractivity contribution in [1.82, 2.24) is 0 Å². The van der Waals surface area contributed by atoms with Crippen LogP contribution in [0, 0.1) is 3.57 Å². The quantitative estimate of drug-likeness (QED) is 0.793. The Labute approximate surface area is 125 Å². The van der Waals surface area contributed by atoms with Crippen LogP contribution in [0.2, 0.25) is 5.02 Å². The molecule has 2 aromatic rings. The summed E-state index contributed by atoms with van der Waals surface area (Å²) in [6.45, 7) is 0.740. The summed E-state index contributed by atoms with van der Waals surface area (Å²) in [7, 11) is 1.62. The number of hydrogen-bond acceptors (Lipinski definition) is 2. The summed E-state index contributed by atoms with van der Waals surface area (Å²) in [4.78, 5) is 0. The highest BCUT2D eigenvalue weighted by Crippen LogP contribution is 2.25. The zero-order valence-corrected chi connectivity index (χ0v) is 12.8. The van der Waals surface area contributed by atoms with Crippen LogP contribution in [0.5, 0.6) is 5.75 Å². The monoisotopic (exact) mass is 373 g/mol. The molecule has 0 bridgehead atoms. The summed E-state index contributed by atoms with van der Waals surface area (Å²) in [5.41, 5.74) is 2.22. The van der Waals surface area contributed by atoms with Crippen LogP contribution in [-0.4, -0.2) is 7.11 Å². The topological polar surface area (TPSA) is 21.3 Å². The molecule has 0 aromatic heterocycles. The number of benzene rings is 2. The molecule has 0 aliphatic carbocycles. The van der Waals surface area contributed by atoms with Gasteiger partial charge in [0.1, 0.15) is 5.75 Å². The van der Waals surface area contributed by atoms with E-state index in [1.165, 1.54) is 3.57 Å². The van der Waals surface area contributed by atoms with E-state index >= 15 is 0 Å². The highest BCUT2D eigenvalue weighted by Gasteiger charge is 2.01. The summed E-state index contributed by atoms with van der Waals surface area (Å²) < 4.78 is 6.35. The van der Waals surface area contributed by atoms with Crippen molar-refractivity contribution in [3.05, 3.63) is 56.6 Å². The van der Waals surface area contributed by atoms with E-state index in [-0.39, 0.29) is 0 Å². The summed E-state index contributed by atoms with van der Waals surface area (Å²) in [6, 6.07) is 14.1. The van der Waals surface area contributed by atoms with Gasteiger partial charge in [0, 0.05) is 15.8 Å². The van der Waals surface area contributed by atoms with Gasteiger partial charge in [-0.05, 0) is 64.6 Å². The standard InChI is InChI=1S/C14H13ClINO/c1-18-14-7-2-10(8-13(14)15)9-17-12-5-3-11(16)4-6-12/h2-8,17H,9H2,1H3. The summed E-state index contributed by atoms with van der Waals surface area (Å²) >= 11 is 8.37. The van der Waals surface area contributed by atoms with Crippen LogP contribution in [0.1, 0.15) is 5.56 Å². The third-order valence-corrected chi connectivity index (χ3v) is 3.57. The molecule has 0 heterocycles. The lowest BCUT2D eigenvalue weighted by Gasteiger charge is -2.08. The first-order valence-corrected chi connectivity index (χ1v) is 6.96. The SMILES string of the molecule is COc1ccc(CNc2ccc(I)cc2)cc1Cl. The molecular formula is C14H13ClINO. The van der Waals surface area contributed by atoms with E-state index in [1.54, 1.807) is 7.11 Å². The fourth-order valence-electron chi connectivity index (χ4n) is 1.59. The zero-order chi connectivity index (χ0) is 13.0. The lowest BCUT2D eigenvalue weighted by Crippen LogP contribution is -1.99. The second-order valence-corrected chi connectivity index (χ2v) is 5.48. The Morgan fingerprint density at radius 3 is 2.50 bits per heavy atom. The highest BCUT2D eigenvalue weighted by molar-refractivity contribution is 14.1. The lowest BCUT2D eigenvalue weighted by atomic mass is 10.2. The van der Waals surface area contributed by atoms with Crippen molar-refractivity contribution in [3.63, 3.8) is 0 Å². The normalized spacial score (nSPS) is 10.2. The van der Waals surface area contributed by atoms with Gasteiger partial charge in [-0.1, -0.05) is 17.7 Å². The van der Waals surface area contributed by atoms with Crippen molar-refractivity contribution in [2.45, 2.75) is 6.54 Å². The fourth-order valence-corrected chi connectivity index (χ4v) is 2.23. The Kier molecular flexibility index (Phi) is 4.72. The maximum Gasteiger partial charge on any atom is 0.137 e. The van der Waals surface area contributed by atoms with E-state index in [1.807, 2.05) is 18.2 Å². The molecule has 2 aromatic carbocycles. The third-order valence-electron chi connectivity index (χ3n) is 2.56. The van der Waals surface area contributed by atoms with Gasteiger partial charge in [-0.2, -0.15) is 0 Å². The molecular weight excluding hydrogens is 361 g/mol.